The summed E-state index contributed by atoms with van der Waals surface area (Å²) in [4.78, 5) is 0. The Morgan fingerprint density at radius 3 is 2.94 bits per heavy atom. The summed E-state index contributed by atoms with van der Waals surface area (Å²) in [6.45, 7) is 2.49. The zero-order valence-corrected chi connectivity index (χ0v) is 10.5. The highest BCUT2D eigenvalue weighted by molar-refractivity contribution is 5.39. The summed E-state index contributed by atoms with van der Waals surface area (Å²) in [5.74, 6) is 7.44. The summed E-state index contributed by atoms with van der Waals surface area (Å²) >= 11 is 0. The average Bonchev–Trinajstić information content (AvgIpc) is 3.20. The molecule has 1 aromatic carbocycles. The van der Waals surface area contributed by atoms with Gasteiger partial charge in [0.25, 0.3) is 0 Å². The Kier molecular flexibility index (Phi) is 5.07. The first-order valence-corrected chi connectivity index (χ1v) is 6.38. The van der Waals surface area contributed by atoms with Crippen molar-refractivity contribution in [2.75, 3.05) is 26.4 Å². The largest absolute Gasteiger partial charge is 0.491 e. The van der Waals surface area contributed by atoms with Crippen molar-refractivity contribution in [2.24, 2.45) is 11.7 Å². The monoisotopic (exact) mass is 245 g/mol. The Morgan fingerprint density at radius 2 is 2.17 bits per heavy atom. The molecule has 0 atom stereocenters. The van der Waals surface area contributed by atoms with Gasteiger partial charge in [0, 0.05) is 12.2 Å². The minimum atomic E-state index is 0.375. The van der Waals surface area contributed by atoms with E-state index < -0.39 is 0 Å². The fourth-order valence-electron chi connectivity index (χ4n) is 1.57. The smallest absolute Gasteiger partial charge is 0.120 e. The molecular weight excluding hydrogens is 226 g/mol. The van der Waals surface area contributed by atoms with Crippen molar-refractivity contribution < 1.29 is 9.47 Å². The number of hydrogen-bond acceptors (Lipinski definition) is 3. The van der Waals surface area contributed by atoms with Crippen molar-refractivity contribution in [3.05, 3.63) is 29.8 Å². The predicted molar refractivity (Wildman–Crippen MR) is 71.4 cm³/mol. The minimum Gasteiger partial charge on any atom is -0.491 e. The molecule has 0 amide bonds. The van der Waals surface area contributed by atoms with Crippen LogP contribution >= 0.6 is 0 Å². The normalized spacial score (nSPS) is 13.8. The van der Waals surface area contributed by atoms with Gasteiger partial charge < -0.3 is 15.2 Å². The van der Waals surface area contributed by atoms with Gasteiger partial charge in [-0.05, 0) is 37.0 Å². The lowest BCUT2D eigenvalue weighted by atomic mass is 10.2. The van der Waals surface area contributed by atoms with Gasteiger partial charge in [0.1, 0.15) is 12.4 Å². The molecule has 0 spiro atoms. The molecular formula is C15H19NO2. The molecule has 0 radical (unpaired) electrons. The summed E-state index contributed by atoms with van der Waals surface area (Å²) < 4.78 is 11.1. The number of rotatable bonds is 6. The molecule has 0 aliphatic heterocycles. The predicted octanol–water partition coefficient (Wildman–Crippen LogP) is 1.80. The van der Waals surface area contributed by atoms with Crippen molar-refractivity contribution in [1.82, 2.24) is 0 Å². The first-order valence-electron chi connectivity index (χ1n) is 6.38. The molecule has 0 aromatic heterocycles. The van der Waals surface area contributed by atoms with E-state index in [1.807, 2.05) is 24.3 Å². The lowest BCUT2D eigenvalue weighted by Crippen LogP contribution is -2.08. The van der Waals surface area contributed by atoms with Gasteiger partial charge in [0.2, 0.25) is 0 Å². The van der Waals surface area contributed by atoms with Crippen molar-refractivity contribution in [3.63, 3.8) is 0 Å². The fraction of sp³-hybridized carbons (Fsp3) is 0.467. The van der Waals surface area contributed by atoms with Crippen LogP contribution in [-0.2, 0) is 4.74 Å². The molecule has 18 heavy (non-hydrogen) atoms. The van der Waals surface area contributed by atoms with Crippen LogP contribution in [0.3, 0.4) is 0 Å². The van der Waals surface area contributed by atoms with E-state index in [0.717, 1.165) is 23.8 Å². The Morgan fingerprint density at radius 1 is 1.28 bits per heavy atom. The quantitative estimate of drug-likeness (QED) is 0.614. The third-order valence-electron chi connectivity index (χ3n) is 2.72. The van der Waals surface area contributed by atoms with E-state index in [1.165, 1.54) is 12.8 Å². The maximum absolute atomic E-state index is 5.60. The van der Waals surface area contributed by atoms with Gasteiger partial charge in [-0.15, -0.1) is 0 Å². The van der Waals surface area contributed by atoms with Crippen LogP contribution < -0.4 is 10.5 Å². The van der Waals surface area contributed by atoms with Gasteiger partial charge >= 0.3 is 0 Å². The van der Waals surface area contributed by atoms with E-state index in [2.05, 4.69) is 11.8 Å². The molecule has 0 bridgehead atoms. The van der Waals surface area contributed by atoms with Crippen LogP contribution in [0.4, 0.5) is 0 Å². The van der Waals surface area contributed by atoms with Crippen LogP contribution in [0.1, 0.15) is 18.4 Å². The second-order valence-electron chi connectivity index (χ2n) is 4.40. The Balaban J connectivity index is 1.70. The summed E-state index contributed by atoms with van der Waals surface area (Å²) in [5.41, 5.74) is 6.26. The van der Waals surface area contributed by atoms with Gasteiger partial charge in [0.15, 0.2) is 0 Å². The maximum Gasteiger partial charge on any atom is 0.120 e. The zero-order chi connectivity index (χ0) is 12.6. The molecule has 1 aliphatic carbocycles. The molecule has 0 saturated heterocycles. The van der Waals surface area contributed by atoms with Crippen LogP contribution in [0.25, 0.3) is 0 Å². The van der Waals surface area contributed by atoms with Gasteiger partial charge in [-0.1, -0.05) is 17.9 Å². The summed E-state index contributed by atoms with van der Waals surface area (Å²) in [7, 11) is 0. The van der Waals surface area contributed by atoms with Crippen LogP contribution in [0.5, 0.6) is 5.75 Å². The Labute approximate surface area is 108 Å². The second-order valence-corrected chi connectivity index (χ2v) is 4.40. The molecule has 0 unspecified atom stereocenters. The highest BCUT2D eigenvalue weighted by Crippen LogP contribution is 2.28. The molecule has 1 aromatic rings. The van der Waals surface area contributed by atoms with Crippen molar-refractivity contribution in [3.8, 4) is 17.6 Å². The molecule has 1 fully saturated rings. The van der Waals surface area contributed by atoms with Crippen LogP contribution in [-0.4, -0.2) is 26.4 Å². The van der Waals surface area contributed by atoms with E-state index in [-0.39, 0.29) is 0 Å². The average molecular weight is 245 g/mol. The van der Waals surface area contributed by atoms with Gasteiger partial charge in [0.05, 0.1) is 13.2 Å². The van der Waals surface area contributed by atoms with Crippen LogP contribution in [0.2, 0.25) is 0 Å². The molecule has 96 valence electrons. The maximum atomic E-state index is 5.60. The number of nitrogens with two attached hydrogens (primary N) is 1. The van der Waals surface area contributed by atoms with Gasteiger partial charge in [-0.25, -0.2) is 0 Å². The molecule has 1 aliphatic rings. The number of benzene rings is 1. The van der Waals surface area contributed by atoms with Crippen molar-refractivity contribution in [1.29, 1.82) is 0 Å². The van der Waals surface area contributed by atoms with Gasteiger partial charge in [-0.2, -0.15) is 0 Å². The first-order chi connectivity index (χ1) is 8.88. The molecule has 0 heterocycles. The fourth-order valence-corrected chi connectivity index (χ4v) is 1.57. The summed E-state index contributed by atoms with van der Waals surface area (Å²) in [5, 5.41) is 0. The molecule has 2 rings (SSSR count). The standard InChI is InChI=1S/C15H19NO2/c16-8-2-4-13-3-1-5-15(11-13)18-10-9-17-12-14-6-7-14/h1,3,5,11,14H,6-10,12,16H2. The van der Waals surface area contributed by atoms with E-state index in [4.69, 9.17) is 15.2 Å². The topological polar surface area (TPSA) is 44.5 Å². The molecule has 3 nitrogen and oxygen atoms in total. The summed E-state index contributed by atoms with van der Waals surface area (Å²) in [6, 6.07) is 7.72. The Bertz CT molecular complexity index is 430. The highest BCUT2D eigenvalue weighted by Gasteiger charge is 2.20. The third kappa shape index (κ3) is 4.79. The van der Waals surface area contributed by atoms with Crippen molar-refractivity contribution >= 4 is 0 Å². The van der Waals surface area contributed by atoms with Gasteiger partial charge in [-0.3, -0.25) is 0 Å². The second kappa shape index (κ2) is 7.05. The highest BCUT2D eigenvalue weighted by atomic mass is 16.5. The summed E-state index contributed by atoms with van der Waals surface area (Å²) in [6.07, 6.45) is 2.64. The molecule has 2 N–H and O–H groups in total. The molecule has 3 heteroatoms. The number of ether oxygens (including phenoxy) is 2. The van der Waals surface area contributed by atoms with E-state index in [9.17, 15) is 0 Å². The Hall–Kier alpha value is -1.50. The lowest BCUT2D eigenvalue weighted by Gasteiger charge is -2.07. The SMILES string of the molecule is NCC#Cc1cccc(OCCOCC2CC2)c1. The lowest BCUT2D eigenvalue weighted by molar-refractivity contribution is 0.0927. The molecule has 1 saturated carbocycles. The number of hydrogen-bond donors (Lipinski definition) is 1. The van der Waals surface area contributed by atoms with Crippen molar-refractivity contribution in [2.45, 2.75) is 12.8 Å². The van der Waals surface area contributed by atoms with Crippen LogP contribution in [0.15, 0.2) is 24.3 Å². The third-order valence-corrected chi connectivity index (χ3v) is 2.72. The van der Waals surface area contributed by atoms with E-state index in [0.29, 0.717) is 19.8 Å². The first kappa shape index (κ1) is 12.9. The van der Waals surface area contributed by atoms with Crippen LogP contribution in [0, 0.1) is 17.8 Å². The van der Waals surface area contributed by atoms with E-state index >= 15 is 0 Å². The minimum absolute atomic E-state index is 0.375. The van der Waals surface area contributed by atoms with E-state index in [1.54, 1.807) is 0 Å². The zero-order valence-electron chi connectivity index (χ0n) is 10.5.